The number of aryl methyl sites for hydroxylation is 2. The second-order valence-electron chi connectivity index (χ2n) is 5.02. The molecule has 2 aromatic heterocycles. The molecule has 0 bridgehead atoms. The van der Waals surface area contributed by atoms with Crippen molar-refractivity contribution in [2.24, 2.45) is 0 Å². The van der Waals surface area contributed by atoms with Crippen LogP contribution in [0.25, 0.3) is 11.0 Å². The Morgan fingerprint density at radius 3 is 2.45 bits per heavy atom. The van der Waals surface area contributed by atoms with Gasteiger partial charge in [-0.15, -0.1) is 0 Å². The molecule has 0 atom stereocenters. The van der Waals surface area contributed by atoms with Gasteiger partial charge in [0.2, 0.25) is 0 Å². The minimum atomic E-state index is -3.66. The van der Waals surface area contributed by atoms with Gasteiger partial charge in [0, 0.05) is 25.8 Å². The van der Waals surface area contributed by atoms with Crippen LogP contribution < -0.4 is 0 Å². The second-order valence-corrected chi connectivity index (χ2v) is 8.85. The van der Waals surface area contributed by atoms with E-state index in [1.54, 1.807) is 36.7 Å². The largest absolute Gasteiger partial charge is 0.269 e. The Labute approximate surface area is 150 Å². The summed E-state index contributed by atoms with van der Waals surface area (Å²) in [5.41, 5.74) is 2.45. The first-order chi connectivity index (χ1) is 10.3. The van der Waals surface area contributed by atoms with Gasteiger partial charge in [0.05, 0.1) is 4.90 Å². The van der Waals surface area contributed by atoms with Crippen molar-refractivity contribution in [3.05, 3.63) is 55.8 Å². The quantitative estimate of drug-likeness (QED) is 0.504. The summed E-state index contributed by atoms with van der Waals surface area (Å²) in [4.78, 5) is 4.56. The lowest BCUT2D eigenvalue weighted by molar-refractivity contribution is 0.588. The minimum absolute atomic E-state index is 0.258. The first-order valence-corrected chi connectivity index (χ1v) is 9.77. The molecular weight excluding hydrogens is 479 g/mol. The molecule has 3 aromatic rings. The molecular formula is C15H12BrIN2O2S. The molecule has 0 aliphatic carbocycles. The van der Waals surface area contributed by atoms with E-state index in [9.17, 15) is 8.42 Å². The number of pyridine rings is 1. The van der Waals surface area contributed by atoms with Gasteiger partial charge >= 0.3 is 0 Å². The van der Waals surface area contributed by atoms with Crippen LogP contribution in [0.3, 0.4) is 0 Å². The molecule has 4 nitrogen and oxygen atoms in total. The van der Waals surface area contributed by atoms with Crippen LogP contribution in [-0.2, 0) is 10.0 Å². The summed E-state index contributed by atoms with van der Waals surface area (Å²) in [6, 6.07) is 6.82. The van der Waals surface area contributed by atoms with E-state index in [0.29, 0.717) is 5.65 Å². The maximum atomic E-state index is 12.9. The van der Waals surface area contributed by atoms with Crippen molar-refractivity contribution >= 4 is 59.6 Å². The molecule has 0 unspecified atom stereocenters. The van der Waals surface area contributed by atoms with Gasteiger partial charge in [0.25, 0.3) is 10.0 Å². The van der Waals surface area contributed by atoms with Crippen LogP contribution in [0.2, 0.25) is 0 Å². The highest BCUT2D eigenvalue weighted by Gasteiger charge is 2.22. The Morgan fingerprint density at radius 1 is 1.18 bits per heavy atom. The zero-order valence-electron chi connectivity index (χ0n) is 11.8. The normalized spacial score (nSPS) is 12.0. The molecule has 0 saturated heterocycles. The predicted octanol–water partition coefficient (Wildman–Crippen LogP) is 4.26. The van der Waals surface area contributed by atoms with E-state index in [1.165, 1.54) is 3.97 Å². The molecule has 0 spiro atoms. The summed E-state index contributed by atoms with van der Waals surface area (Å²) in [6.45, 7) is 3.87. The van der Waals surface area contributed by atoms with Gasteiger partial charge in [-0.3, -0.25) is 0 Å². The standard InChI is InChI=1S/C15H12BrIN2O2S/c1-9-3-5-11(6-4-9)22(20,21)19-8-13(17)14-10(2)12(16)7-18-15(14)19/h3-8H,1-2H3. The second kappa shape index (κ2) is 5.61. The lowest BCUT2D eigenvalue weighted by Crippen LogP contribution is -2.12. The van der Waals surface area contributed by atoms with E-state index < -0.39 is 10.0 Å². The van der Waals surface area contributed by atoms with Crippen LogP contribution >= 0.6 is 38.5 Å². The molecule has 0 N–H and O–H groups in total. The number of benzene rings is 1. The molecule has 0 aliphatic heterocycles. The highest BCUT2D eigenvalue weighted by Crippen LogP contribution is 2.31. The summed E-state index contributed by atoms with van der Waals surface area (Å²) < 4.78 is 28.7. The summed E-state index contributed by atoms with van der Waals surface area (Å²) in [7, 11) is -3.66. The van der Waals surface area contributed by atoms with Gasteiger partial charge in [0.15, 0.2) is 5.65 Å². The highest BCUT2D eigenvalue weighted by molar-refractivity contribution is 14.1. The molecule has 7 heteroatoms. The van der Waals surface area contributed by atoms with Crippen LogP contribution in [-0.4, -0.2) is 17.4 Å². The van der Waals surface area contributed by atoms with Gasteiger partial charge in [-0.25, -0.2) is 17.4 Å². The van der Waals surface area contributed by atoms with Gasteiger partial charge in [-0.1, -0.05) is 17.7 Å². The molecule has 0 aliphatic rings. The highest BCUT2D eigenvalue weighted by atomic mass is 127. The van der Waals surface area contributed by atoms with E-state index in [-0.39, 0.29) is 4.90 Å². The number of fused-ring (bicyclic) bond motifs is 1. The molecule has 0 fully saturated rings. The summed E-state index contributed by atoms with van der Waals surface area (Å²) >= 11 is 5.58. The number of nitrogens with zero attached hydrogens (tertiary/aromatic N) is 2. The topological polar surface area (TPSA) is 52.0 Å². The lowest BCUT2D eigenvalue weighted by atomic mass is 10.2. The Hall–Kier alpha value is -0.930. The van der Waals surface area contributed by atoms with Crippen LogP contribution in [0, 0.1) is 17.4 Å². The van der Waals surface area contributed by atoms with Crippen molar-refractivity contribution in [1.82, 2.24) is 8.96 Å². The number of rotatable bonds is 2. The van der Waals surface area contributed by atoms with E-state index in [1.807, 2.05) is 13.8 Å². The number of halogens is 2. The van der Waals surface area contributed by atoms with Crippen molar-refractivity contribution in [1.29, 1.82) is 0 Å². The van der Waals surface area contributed by atoms with Crippen molar-refractivity contribution in [3.63, 3.8) is 0 Å². The Morgan fingerprint density at radius 2 is 1.82 bits per heavy atom. The molecule has 0 saturated carbocycles. The summed E-state index contributed by atoms with van der Waals surface area (Å²) in [5.74, 6) is 0. The monoisotopic (exact) mass is 490 g/mol. The lowest BCUT2D eigenvalue weighted by Gasteiger charge is -2.08. The van der Waals surface area contributed by atoms with Gasteiger partial charge in [0.1, 0.15) is 0 Å². The van der Waals surface area contributed by atoms with Crippen molar-refractivity contribution in [2.75, 3.05) is 0 Å². The molecule has 2 heterocycles. The average molecular weight is 491 g/mol. The Kier molecular flexibility index (Phi) is 4.07. The SMILES string of the molecule is Cc1ccc(S(=O)(=O)n2cc(I)c3c(C)c(Br)cnc32)cc1. The first-order valence-electron chi connectivity index (χ1n) is 6.46. The van der Waals surface area contributed by atoms with Crippen LogP contribution in [0.15, 0.2) is 46.0 Å². The minimum Gasteiger partial charge on any atom is -0.236 e. The van der Waals surface area contributed by atoms with E-state index in [0.717, 1.165) is 24.6 Å². The van der Waals surface area contributed by atoms with Gasteiger partial charge in [-0.05, 0) is 70.1 Å². The Bertz CT molecular complexity index is 979. The first kappa shape index (κ1) is 15.9. The van der Waals surface area contributed by atoms with E-state index in [2.05, 4.69) is 43.5 Å². The molecule has 0 radical (unpaired) electrons. The maximum absolute atomic E-state index is 12.9. The zero-order chi connectivity index (χ0) is 16.1. The fourth-order valence-corrected chi connectivity index (χ4v) is 4.99. The van der Waals surface area contributed by atoms with E-state index in [4.69, 9.17) is 0 Å². The van der Waals surface area contributed by atoms with Crippen molar-refractivity contribution < 1.29 is 8.42 Å². The maximum Gasteiger partial charge on any atom is 0.269 e. The zero-order valence-corrected chi connectivity index (χ0v) is 16.4. The molecule has 3 rings (SSSR count). The molecule has 1 aromatic carbocycles. The van der Waals surface area contributed by atoms with Crippen molar-refractivity contribution in [3.8, 4) is 0 Å². The number of hydrogen-bond donors (Lipinski definition) is 0. The smallest absolute Gasteiger partial charge is 0.236 e. The molecule has 0 amide bonds. The fraction of sp³-hybridized carbons (Fsp3) is 0.133. The molecule has 22 heavy (non-hydrogen) atoms. The average Bonchev–Trinajstić information content (AvgIpc) is 2.82. The van der Waals surface area contributed by atoms with Crippen molar-refractivity contribution in [2.45, 2.75) is 18.7 Å². The summed E-state index contributed by atoms with van der Waals surface area (Å²) in [5, 5.41) is 0.852. The number of hydrogen-bond acceptors (Lipinski definition) is 3. The van der Waals surface area contributed by atoms with Gasteiger partial charge < -0.3 is 0 Å². The van der Waals surface area contributed by atoms with Crippen LogP contribution in [0.4, 0.5) is 0 Å². The fourth-order valence-electron chi connectivity index (χ4n) is 2.25. The Balaban J connectivity index is 2.31. The van der Waals surface area contributed by atoms with Gasteiger partial charge in [-0.2, -0.15) is 0 Å². The number of aromatic nitrogens is 2. The molecule has 114 valence electrons. The van der Waals surface area contributed by atoms with Crippen LogP contribution in [0.5, 0.6) is 0 Å². The third kappa shape index (κ3) is 2.48. The predicted molar refractivity (Wildman–Crippen MR) is 98.6 cm³/mol. The third-order valence-electron chi connectivity index (χ3n) is 3.51. The summed E-state index contributed by atoms with van der Waals surface area (Å²) in [6.07, 6.45) is 3.25. The van der Waals surface area contributed by atoms with Crippen LogP contribution in [0.1, 0.15) is 11.1 Å². The third-order valence-corrected chi connectivity index (χ3v) is 6.79. The van der Waals surface area contributed by atoms with E-state index >= 15 is 0 Å².